The molecule has 396 valence electrons. The minimum absolute atomic E-state index is 0.0115. The molecule has 0 spiro atoms. The molecule has 0 aliphatic carbocycles. The van der Waals surface area contributed by atoms with Crippen LogP contribution in [-0.2, 0) is 14.3 Å². The van der Waals surface area contributed by atoms with Gasteiger partial charge in [0.05, 0.1) is 25.4 Å². The lowest BCUT2D eigenvalue weighted by Gasteiger charge is -2.22. The predicted molar refractivity (Wildman–Crippen MR) is 292 cm³/mol. The second-order valence-electron chi connectivity index (χ2n) is 20.7. The molecule has 0 saturated heterocycles. The summed E-state index contributed by atoms with van der Waals surface area (Å²) in [7, 11) is 0. The van der Waals surface area contributed by atoms with Crippen LogP contribution in [-0.4, -0.2) is 47.4 Å². The van der Waals surface area contributed by atoms with Crippen molar-refractivity contribution in [3.8, 4) is 0 Å². The Bertz CT molecular complexity index is 1040. The Balaban J connectivity index is 3.43. The highest BCUT2D eigenvalue weighted by Crippen LogP contribution is 2.18. The minimum Gasteiger partial charge on any atom is -0.466 e. The number of hydrogen-bond donors (Lipinski definition) is 3. The Kier molecular flexibility index (Phi) is 55.5. The van der Waals surface area contributed by atoms with Crippen LogP contribution < -0.4 is 5.32 Å². The standard InChI is InChI=1S/C61H117NO5/c1-3-5-7-9-11-13-15-17-18-19-20-21-22-23-26-30-33-37-41-45-49-53-59(64)58(57-63)62-60(65)54-50-46-42-38-34-31-27-24-25-28-32-36-40-44-48-52-56-67-61(66)55-51-47-43-39-35-29-16-14-12-10-8-6-4-2/h8,10,14,16,58-59,63-64H,3-7,9,11-13,15,17-57H2,1-2H3,(H,62,65)/b10-8-,16-14-. The fourth-order valence-electron chi connectivity index (χ4n) is 9.39. The third-order valence-electron chi connectivity index (χ3n) is 14.0. The van der Waals surface area contributed by atoms with Crippen LogP contribution in [0, 0.1) is 0 Å². The second kappa shape index (κ2) is 56.9. The van der Waals surface area contributed by atoms with E-state index in [1.54, 1.807) is 0 Å². The number of rotatable bonds is 56. The maximum absolute atomic E-state index is 12.5. The van der Waals surface area contributed by atoms with Crippen LogP contribution in [0.15, 0.2) is 24.3 Å². The number of aliphatic hydroxyl groups is 2. The number of allylic oxidation sites excluding steroid dienone is 4. The summed E-state index contributed by atoms with van der Waals surface area (Å²) >= 11 is 0. The summed E-state index contributed by atoms with van der Waals surface area (Å²) in [5, 5.41) is 23.4. The van der Waals surface area contributed by atoms with Gasteiger partial charge in [-0.15, -0.1) is 0 Å². The predicted octanol–water partition coefficient (Wildman–Crippen LogP) is 18.6. The van der Waals surface area contributed by atoms with Gasteiger partial charge in [-0.1, -0.05) is 289 Å². The molecule has 0 aromatic heterocycles. The number of amides is 1. The van der Waals surface area contributed by atoms with Crippen LogP contribution in [0.2, 0.25) is 0 Å². The van der Waals surface area contributed by atoms with Crippen molar-refractivity contribution >= 4 is 11.9 Å². The first kappa shape index (κ1) is 65.3. The number of carbonyl (C=O) groups excluding carboxylic acids is 2. The zero-order chi connectivity index (χ0) is 48.6. The molecular weight excluding hydrogens is 827 g/mol. The van der Waals surface area contributed by atoms with Crippen molar-refractivity contribution in [2.75, 3.05) is 13.2 Å². The number of unbranched alkanes of at least 4 members (excludes halogenated alkanes) is 41. The average molecular weight is 945 g/mol. The van der Waals surface area contributed by atoms with E-state index >= 15 is 0 Å². The van der Waals surface area contributed by atoms with Gasteiger partial charge in [0.25, 0.3) is 0 Å². The minimum atomic E-state index is -0.670. The Morgan fingerprint density at radius 2 is 0.776 bits per heavy atom. The topological polar surface area (TPSA) is 95.9 Å². The summed E-state index contributed by atoms with van der Waals surface area (Å²) in [6, 6.07) is -0.548. The summed E-state index contributed by atoms with van der Waals surface area (Å²) < 4.78 is 5.46. The Labute approximate surface area is 418 Å². The van der Waals surface area contributed by atoms with Crippen LogP contribution in [0.4, 0.5) is 0 Å². The molecule has 0 saturated carbocycles. The van der Waals surface area contributed by atoms with Crippen LogP contribution in [0.3, 0.4) is 0 Å². The molecule has 2 atom stereocenters. The molecule has 67 heavy (non-hydrogen) atoms. The number of esters is 1. The molecule has 0 aromatic carbocycles. The van der Waals surface area contributed by atoms with E-state index in [-0.39, 0.29) is 18.5 Å². The molecule has 0 aromatic rings. The quantitative estimate of drug-likeness (QED) is 0.0321. The van der Waals surface area contributed by atoms with Gasteiger partial charge in [0, 0.05) is 12.8 Å². The molecule has 0 aliphatic heterocycles. The first-order chi connectivity index (χ1) is 33.0. The SMILES string of the molecule is CCC/C=C\C/C=C\CCCCCCCC(=O)OCCCCCCCCCCCCCCCCCCC(=O)NC(CO)C(O)CCCCCCCCCCCCCCCCCCCCCCC. The fourth-order valence-corrected chi connectivity index (χ4v) is 9.39. The van der Waals surface area contributed by atoms with Crippen molar-refractivity contribution < 1.29 is 24.5 Å². The first-order valence-electron chi connectivity index (χ1n) is 30.1. The Morgan fingerprint density at radius 3 is 1.19 bits per heavy atom. The van der Waals surface area contributed by atoms with Crippen molar-refractivity contribution in [2.24, 2.45) is 0 Å². The lowest BCUT2D eigenvalue weighted by molar-refractivity contribution is -0.143. The number of ether oxygens (including phenoxy) is 1. The van der Waals surface area contributed by atoms with Crippen molar-refractivity contribution in [3.63, 3.8) is 0 Å². The van der Waals surface area contributed by atoms with Gasteiger partial charge in [-0.2, -0.15) is 0 Å². The Hall–Kier alpha value is -1.66. The summed E-state index contributed by atoms with van der Waals surface area (Å²) in [4.78, 5) is 24.5. The van der Waals surface area contributed by atoms with Crippen LogP contribution >= 0.6 is 0 Å². The van der Waals surface area contributed by atoms with E-state index in [2.05, 4.69) is 43.5 Å². The van der Waals surface area contributed by atoms with Gasteiger partial charge in [-0.25, -0.2) is 0 Å². The van der Waals surface area contributed by atoms with Crippen LogP contribution in [0.1, 0.15) is 328 Å². The second-order valence-corrected chi connectivity index (χ2v) is 20.7. The zero-order valence-electron chi connectivity index (χ0n) is 45.1. The average Bonchev–Trinajstić information content (AvgIpc) is 3.33. The third-order valence-corrected chi connectivity index (χ3v) is 14.0. The summed E-state index contributed by atoms with van der Waals surface area (Å²) in [6.07, 6.45) is 68.9. The largest absolute Gasteiger partial charge is 0.466 e. The molecule has 1 amide bonds. The van der Waals surface area contributed by atoms with E-state index in [0.29, 0.717) is 25.9 Å². The van der Waals surface area contributed by atoms with Gasteiger partial charge in [0.15, 0.2) is 0 Å². The number of aliphatic hydroxyl groups excluding tert-OH is 2. The summed E-state index contributed by atoms with van der Waals surface area (Å²) in [5.41, 5.74) is 0. The maximum atomic E-state index is 12.5. The monoisotopic (exact) mass is 944 g/mol. The van der Waals surface area contributed by atoms with E-state index < -0.39 is 12.1 Å². The molecule has 3 N–H and O–H groups in total. The maximum Gasteiger partial charge on any atom is 0.305 e. The highest BCUT2D eigenvalue weighted by Gasteiger charge is 2.20. The molecule has 0 heterocycles. The summed E-state index contributed by atoms with van der Waals surface area (Å²) in [5.74, 6) is -0.0507. The highest BCUT2D eigenvalue weighted by atomic mass is 16.5. The zero-order valence-corrected chi connectivity index (χ0v) is 45.1. The molecule has 0 radical (unpaired) electrons. The van der Waals surface area contributed by atoms with Gasteiger partial charge in [-0.3, -0.25) is 9.59 Å². The first-order valence-corrected chi connectivity index (χ1v) is 30.1. The van der Waals surface area contributed by atoms with Gasteiger partial charge >= 0.3 is 5.97 Å². The van der Waals surface area contributed by atoms with Crippen molar-refractivity contribution in [3.05, 3.63) is 24.3 Å². The van der Waals surface area contributed by atoms with Gasteiger partial charge < -0.3 is 20.3 Å². The van der Waals surface area contributed by atoms with E-state index in [0.717, 1.165) is 57.8 Å². The van der Waals surface area contributed by atoms with E-state index in [1.807, 2.05) is 0 Å². The number of hydrogen-bond acceptors (Lipinski definition) is 5. The van der Waals surface area contributed by atoms with E-state index in [1.165, 1.54) is 238 Å². The molecule has 0 fully saturated rings. The third kappa shape index (κ3) is 53.5. The Morgan fingerprint density at radius 1 is 0.418 bits per heavy atom. The molecule has 6 heteroatoms. The van der Waals surface area contributed by atoms with Crippen LogP contribution in [0.5, 0.6) is 0 Å². The van der Waals surface area contributed by atoms with Crippen molar-refractivity contribution in [1.82, 2.24) is 5.32 Å². The molecule has 6 nitrogen and oxygen atoms in total. The normalized spacial score (nSPS) is 12.7. The van der Waals surface area contributed by atoms with Gasteiger partial charge in [0.1, 0.15) is 0 Å². The molecular formula is C61H117NO5. The highest BCUT2D eigenvalue weighted by molar-refractivity contribution is 5.76. The lowest BCUT2D eigenvalue weighted by atomic mass is 10.0. The van der Waals surface area contributed by atoms with Crippen molar-refractivity contribution in [2.45, 2.75) is 341 Å². The van der Waals surface area contributed by atoms with Crippen molar-refractivity contribution in [1.29, 1.82) is 0 Å². The molecule has 0 aliphatic rings. The van der Waals surface area contributed by atoms with Gasteiger partial charge in [0.2, 0.25) is 5.91 Å². The molecule has 2 unspecified atom stereocenters. The molecule has 0 rings (SSSR count). The van der Waals surface area contributed by atoms with Gasteiger partial charge in [-0.05, 0) is 51.4 Å². The lowest BCUT2D eigenvalue weighted by Crippen LogP contribution is -2.45. The summed E-state index contributed by atoms with van der Waals surface area (Å²) in [6.45, 7) is 4.89. The number of carbonyl (C=O) groups is 2. The fraction of sp³-hybridized carbons (Fsp3) is 0.902. The van der Waals surface area contributed by atoms with Crippen LogP contribution in [0.25, 0.3) is 0 Å². The van der Waals surface area contributed by atoms with E-state index in [4.69, 9.17) is 4.74 Å². The molecule has 0 bridgehead atoms. The van der Waals surface area contributed by atoms with E-state index in [9.17, 15) is 19.8 Å². The number of nitrogens with one attached hydrogen (secondary N) is 1. The smallest absolute Gasteiger partial charge is 0.305 e.